The Hall–Kier alpha value is -0.220. The number of carbonyl (C=O) groups excluding carboxylic acids is 1. The average molecular weight is 256 g/mol. The van der Waals surface area contributed by atoms with Gasteiger partial charge in [-0.2, -0.15) is 11.8 Å². The Bertz CT molecular complexity index is 254. The molecule has 98 valence electrons. The molecule has 2 fully saturated rings. The van der Waals surface area contributed by atoms with Gasteiger partial charge in [-0.15, -0.1) is 0 Å². The minimum atomic E-state index is 0.343. The van der Waals surface area contributed by atoms with Crippen LogP contribution in [0.15, 0.2) is 0 Å². The van der Waals surface area contributed by atoms with Crippen LogP contribution in [0.25, 0.3) is 0 Å². The van der Waals surface area contributed by atoms with Crippen LogP contribution in [0.4, 0.5) is 0 Å². The van der Waals surface area contributed by atoms with Gasteiger partial charge in [0.15, 0.2) is 0 Å². The average Bonchev–Trinajstić information content (AvgIpc) is 2.76. The Balaban J connectivity index is 1.62. The Labute approximate surface area is 109 Å². The number of amides is 1. The van der Waals surface area contributed by atoms with Crippen molar-refractivity contribution in [2.45, 2.75) is 50.3 Å². The van der Waals surface area contributed by atoms with Crippen LogP contribution in [-0.4, -0.2) is 47.5 Å². The number of likely N-dealkylation sites (tertiary alicyclic amines) is 1. The Morgan fingerprint density at radius 3 is 2.76 bits per heavy atom. The van der Waals surface area contributed by atoms with Crippen molar-refractivity contribution in [3.05, 3.63) is 0 Å². The minimum Gasteiger partial charge on any atom is -0.343 e. The summed E-state index contributed by atoms with van der Waals surface area (Å²) in [7, 11) is 0. The second kappa shape index (κ2) is 6.64. The molecule has 3 nitrogen and oxygen atoms in total. The molecule has 2 saturated heterocycles. The van der Waals surface area contributed by atoms with Crippen LogP contribution < -0.4 is 5.32 Å². The Morgan fingerprint density at radius 1 is 1.35 bits per heavy atom. The van der Waals surface area contributed by atoms with Gasteiger partial charge < -0.3 is 10.2 Å². The third-order valence-electron chi connectivity index (χ3n) is 3.83. The standard InChI is InChI=1S/C13H24N2OS/c1-11-12(6-10-17-11)14-7-5-13(16)15-8-3-2-4-9-15/h11-12,14H,2-10H2,1H3. The number of hydrogen-bond donors (Lipinski definition) is 1. The van der Waals surface area contributed by atoms with Gasteiger partial charge in [0, 0.05) is 37.3 Å². The maximum Gasteiger partial charge on any atom is 0.223 e. The van der Waals surface area contributed by atoms with Gasteiger partial charge in [0.25, 0.3) is 0 Å². The van der Waals surface area contributed by atoms with E-state index in [1.165, 1.54) is 31.4 Å². The molecule has 0 spiro atoms. The van der Waals surface area contributed by atoms with E-state index >= 15 is 0 Å². The molecule has 1 N–H and O–H groups in total. The third kappa shape index (κ3) is 3.88. The molecule has 17 heavy (non-hydrogen) atoms. The fourth-order valence-electron chi connectivity index (χ4n) is 2.67. The molecule has 0 aliphatic carbocycles. The van der Waals surface area contributed by atoms with Crippen molar-refractivity contribution in [3.63, 3.8) is 0 Å². The third-order valence-corrected chi connectivity index (χ3v) is 5.16. The predicted octanol–water partition coefficient (Wildman–Crippen LogP) is 1.87. The highest BCUT2D eigenvalue weighted by molar-refractivity contribution is 8.00. The lowest BCUT2D eigenvalue weighted by atomic mass is 10.1. The summed E-state index contributed by atoms with van der Waals surface area (Å²) in [6.45, 7) is 5.09. The molecule has 0 aromatic heterocycles. The molecule has 2 rings (SSSR count). The van der Waals surface area contributed by atoms with Crippen molar-refractivity contribution in [2.24, 2.45) is 0 Å². The maximum absolute atomic E-state index is 11.9. The maximum atomic E-state index is 11.9. The lowest BCUT2D eigenvalue weighted by molar-refractivity contribution is -0.132. The predicted molar refractivity (Wildman–Crippen MR) is 73.4 cm³/mol. The first-order valence-electron chi connectivity index (χ1n) is 6.90. The van der Waals surface area contributed by atoms with Crippen molar-refractivity contribution in [1.29, 1.82) is 0 Å². The normalized spacial score (nSPS) is 29.6. The van der Waals surface area contributed by atoms with Gasteiger partial charge in [-0.05, 0) is 31.4 Å². The van der Waals surface area contributed by atoms with Gasteiger partial charge in [0.2, 0.25) is 5.91 Å². The molecule has 0 bridgehead atoms. The molecule has 0 radical (unpaired) electrons. The first-order valence-corrected chi connectivity index (χ1v) is 7.95. The monoisotopic (exact) mass is 256 g/mol. The van der Waals surface area contributed by atoms with Crippen molar-refractivity contribution < 1.29 is 4.79 Å². The number of nitrogens with zero attached hydrogens (tertiary/aromatic N) is 1. The second-order valence-electron chi connectivity index (χ2n) is 5.12. The molecule has 0 aromatic carbocycles. The lowest BCUT2D eigenvalue weighted by Crippen LogP contribution is -2.39. The summed E-state index contributed by atoms with van der Waals surface area (Å²) >= 11 is 2.03. The largest absolute Gasteiger partial charge is 0.343 e. The zero-order valence-corrected chi connectivity index (χ0v) is 11.6. The second-order valence-corrected chi connectivity index (χ2v) is 6.60. The summed E-state index contributed by atoms with van der Waals surface area (Å²) in [4.78, 5) is 14.0. The molecule has 2 atom stereocenters. The molecule has 2 aliphatic heterocycles. The first kappa shape index (κ1) is 13.2. The summed E-state index contributed by atoms with van der Waals surface area (Å²) in [6, 6.07) is 0.620. The molecule has 2 heterocycles. The van der Waals surface area contributed by atoms with Gasteiger partial charge in [-0.3, -0.25) is 4.79 Å². The van der Waals surface area contributed by atoms with Crippen LogP contribution in [0.1, 0.15) is 39.0 Å². The lowest BCUT2D eigenvalue weighted by Gasteiger charge is -2.27. The molecule has 2 aliphatic rings. The molecular weight excluding hydrogens is 232 g/mol. The van der Waals surface area contributed by atoms with E-state index < -0.39 is 0 Å². The quantitative estimate of drug-likeness (QED) is 0.833. The zero-order chi connectivity index (χ0) is 12.1. The van der Waals surface area contributed by atoms with Gasteiger partial charge in [-0.25, -0.2) is 0 Å². The number of hydrogen-bond acceptors (Lipinski definition) is 3. The van der Waals surface area contributed by atoms with E-state index in [9.17, 15) is 4.79 Å². The van der Waals surface area contributed by atoms with Gasteiger partial charge in [0.1, 0.15) is 0 Å². The van der Waals surface area contributed by atoms with E-state index in [0.717, 1.165) is 19.6 Å². The van der Waals surface area contributed by atoms with Crippen LogP contribution in [0, 0.1) is 0 Å². The van der Waals surface area contributed by atoms with Crippen LogP contribution in [-0.2, 0) is 4.79 Å². The minimum absolute atomic E-state index is 0.343. The summed E-state index contributed by atoms with van der Waals surface area (Å²) in [5.41, 5.74) is 0. The summed E-state index contributed by atoms with van der Waals surface area (Å²) in [5, 5.41) is 4.24. The molecular formula is C13H24N2OS. The number of rotatable bonds is 4. The Kier molecular flexibility index (Phi) is 5.16. The smallest absolute Gasteiger partial charge is 0.223 e. The Morgan fingerprint density at radius 2 is 2.12 bits per heavy atom. The van der Waals surface area contributed by atoms with Gasteiger partial charge >= 0.3 is 0 Å². The highest BCUT2D eigenvalue weighted by Crippen LogP contribution is 2.25. The van der Waals surface area contributed by atoms with Crippen LogP contribution in [0.5, 0.6) is 0 Å². The van der Waals surface area contributed by atoms with Crippen LogP contribution in [0.2, 0.25) is 0 Å². The topological polar surface area (TPSA) is 32.3 Å². The number of carbonyl (C=O) groups is 1. The van der Waals surface area contributed by atoms with E-state index in [4.69, 9.17) is 0 Å². The van der Waals surface area contributed by atoms with E-state index in [2.05, 4.69) is 12.2 Å². The van der Waals surface area contributed by atoms with Crippen molar-refractivity contribution in [1.82, 2.24) is 10.2 Å². The van der Waals surface area contributed by atoms with Crippen molar-refractivity contribution in [3.8, 4) is 0 Å². The van der Waals surface area contributed by atoms with Crippen LogP contribution >= 0.6 is 11.8 Å². The van der Waals surface area contributed by atoms with E-state index in [1.807, 2.05) is 16.7 Å². The fraction of sp³-hybridized carbons (Fsp3) is 0.923. The van der Waals surface area contributed by atoms with Gasteiger partial charge in [0.05, 0.1) is 0 Å². The highest BCUT2D eigenvalue weighted by atomic mass is 32.2. The van der Waals surface area contributed by atoms with Crippen molar-refractivity contribution in [2.75, 3.05) is 25.4 Å². The molecule has 2 unspecified atom stereocenters. The zero-order valence-electron chi connectivity index (χ0n) is 10.8. The summed E-state index contributed by atoms with van der Waals surface area (Å²) < 4.78 is 0. The molecule has 4 heteroatoms. The number of nitrogens with one attached hydrogen (secondary N) is 1. The van der Waals surface area contributed by atoms with E-state index in [-0.39, 0.29) is 0 Å². The molecule has 0 saturated carbocycles. The van der Waals surface area contributed by atoms with E-state index in [0.29, 0.717) is 23.6 Å². The number of thioether (sulfide) groups is 1. The first-order chi connectivity index (χ1) is 8.27. The van der Waals surface area contributed by atoms with E-state index in [1.54, 1.807) is 0 Å². The number of piperidine rings is 1. The molecule has 0 aromatic rings. The molecule has 1 amide bonds. The summed E-state index contributed by atoms with van der Waals surface area (Å²) in [6.07, 6.45) is 5.60. The summed E-state index contributed by atoms with van der Waals surface area (Å²) in [5.74, 6) is 1.61. The van der Waals surface area contributed by atoms with Crippen LogP contribution in [0.3, 0.4) is 0 Å². The van der Waals surface area contributed by atoms with Gasteiger partial charge in [-0.1, -0.05) is 6.92 Å². The fourth-order valence-corrected chi connectivity index (χ4v) is 3.89. The SMILES string of the molecule is CC1SCCC1NCCC(=O)N1CCCCC1. The highest BCUT2D eigenvalue weighted by Gasteiger charge is 2.23. The van der Waals surface area contributed by atoms with Crippen molar-refractivity contribution >= 4 is 17.7 Å².